The topological polar surface area (TPSA) is 49.9 Å². The molecule has 5 nitrogen and oxygen atoms in total. The number of amides is 2. The molecule has 3 rings (SSSR count). The summed E-state index contributed by atoms with van der Waals surface area (Å²) in [4.78, 5) is 29.5. The van der Waals surface area contributed by atoms with E-state index in [0.717, 1.165) is 24.0 Å². The molecule has 0 atom stereocenters. The smallest absolute Gasteiger partial charge is 0.277 e. The van der Waals surface area contributed by atoms with E-state index in [9.17, 15) is 9.59 Å². The van der Waals surface area contributed by atoms with E-state index >= 15 is 0 Å². The van der Waals surface area contributed by atoms with Crippen molar-refractivity contribution in [1.29, 1.82) is 0 Å². The number of hydrogen-bond acceptors (Lipinski definition) is 4. The monoisotopic (exact) mass is 342 g/mol. The molecule has 0 aliphatic carbocycles. The summed E-state index contributed by atoms with van der Waals surface area (Å²) in [6, 6.07) is 5.98. The minimum absolute atomic E-state index is 0.159. The number of rotatable bonds is 5. The molecule has 5 heteroatoms. The minimum atomic E-state index is -0.164. The Labute approximate surface area is 149 Å². The van der Waals surface area contributed by atoms with Gasteiger partial charge in [0, 0.05) is 19.6 Å². The van der Waals surface area contributed by atoms with E-state index in [0.29, 0.717) is 44.1 Å². The fraction of sp³-hybridized carbons (Fsp3) is 0.500. The van der Waals surface area contributed by atoms with E-state index in [1.54, 1.807) is 0 Å². The number of nitrogens with zero attached hydrogens (tertiary/aromatic N) is 2. The summed E-state index contributed by atoms with van der Waals surface area (Å²) in [5.41, 5.74) is 4.23. The maximum absolute atomic E-state index is 13.1. The number of carbonyl (C=O) groups is 2. The molecule has 1 aromatic rings. The van der Waals surface area contributed by atoms with E-state index in [-0.39, 0.29) is 11.8 Å². The van der Waals surface area contributed by atoms with Crippen LogP contribution in [0.1, 0.15) is 36.5 Å². The van der Waals surface area contributed by atoms with Gasteiger partial charge in [0.05, 0.1) is 18.8 Å². The first-order chi connectivity index (χ1) is 12.0. The van der Waals surface area contributed by atoms with Crippen LogP contribution in [0.3, 0.4) is 0 Å². The number of aryl methyl sites for hydroxylation is 2. The summed E-state index contributed by atoms with van der Waals surface area (Å²) >= 11 is 0. The number of unbranched alkanes of at least 4 members (excludes halogenated alkanes) is 1. The average Bonchev–Trinajstić information content (AvgIpc) is 2.87. The van der Waals surface area contributed by atoms with Gasteiger partial charge in [0.1, 0.15) is 5.70 Å². The molecule has 0 unspecified atom stereocenters. The molecule has 0 radical (unpaired) electrons. The number of morpholine rings is 1. The molecule has 2 heterocycles. The molecular formula is C20H26N2O3. The summed E-state index contributed by atoms with van der Waals surface area (Å²) < 4.78 is 5.41. The summed E-state index contributed by atoms with van der Waals surface area (Å²) in [7, 11) is 0. The highest BCUT2D eigenvalue weighted by Gasteiger charge is 2.41. The van der Waals surface area contributed by atoms with E-state index in [1.807, 2.05) is 36.9 Å². The molecule has 2 aliphatic heterocycles. The second kappa shape index (κ2) is 7.40. The Morgan fingerprint density at radius 2 is 1.76 bits per heavy atom. The summed E-state index contributed by atoms with van der Waals surface area (Å²) in [6.45, 7) is 9.08. The van der Waals surface area contributed by atoms with Gasteiger partial charge in [0.2, 0.25) is 0 Å². The zero-order valence-corrected chi connectivity index (χ0v) is 15.3. The molecule has 2 amide bonds. The molecule has 0 N–H and O–H groups in total. The first-order valence-electron chi connectivity index (χ1n) is 9.05. The van der Waals surface area contributed by atoms with Gasteiger partial charge in [0.25, 0.3) is 11.8 Å². The predicted molar refractivity (Wildman–Crippen MR) is 96.9 cm³/mol. The van der Waals surface area contributed by atoms with Crippen molar-refractivity contribution >= 4 is 17.4 Å². The van der Waals surface area contributed by atoms with Crippen LogP contribution in [0.2, 0.25) is 0 Å². The van der Waals surface area contributed by atoms with Crippen LogP contribution in [-0.2, 0) is 14.3 Å². The van der Waals surface area contributed by atoms with Crippen LogP contribution in [0.15, 0.2) is 23.9 Å². The lowest BCUT2D eigenvalue weighted by Crippen LogP contribution is -2.40. The van der Waals surface area contributed by atoms with Gasteiger partial charge in [0.15, 0.2) is 0 Å². The zero-order chi connectivity index (χ0) is 18.0. The maximum Gasteiger partial charge on any atom is 0.277 e. The lowest BCUT2D eigenvalue weighted by Gasteiger charge is -2.29. The molecule has 1 fully saturated rings. The molecule has 0 spiro atoms. The molecule has 25 heavy (non-hydrogen) atoms. The average molecular weight is 342 g/mol. The van der Waals surface area contributed by atoms with Gasteiger partial charge in [-0.2, -0.15) is 0 Å². The molecule has 134 valence electrons. The summed E-state index contributed by atoms with van der Waals surface area (Å²) in [6.07, 6.45) is 1.77. The standard InChI is InChI=1S/C20H26N2O3/c1-4-5-8-22-19(23)17(16-7-6-14(2)15(3)13-16)18(20(22)24)21-9-11-25-12-10-21/h6-7,13H,4-5,8-12H2,1-3H3. The number of hydrogen-bond donors (Lipinski definition) is 0. The number of imide groups is 1. The molecule has 0 saturated carbocycles. The number of carbonyl (C=O) groups excluding carboxylic acids is 2. The van der Waals surface area contributed by atoms with Gasteiger partial charge in [-0.05, 0) is 37.0 Å². The number of benzene rings is 1. The first kappa shape index (κ1) is 17.7. The van der Waals surface area contributed by atoms with Gasteiger partial charge in [-0.15, -0.1) is 0 Å². The van der Waals surface area contributed by atoms with Crippen molar-refractivity contribution in [1.82, 2.24) is 9.80 Å². The SMILES string of the molecule is CCCCN1C(=O)C(c2ccc(C)c(C)c2)=C(N2CCOCC2)C1=O. The van der Waals surface area contributed by atoms with E-state index in [4.69, 9.17) is 4.74 Å². The van der Waals surface area contributed by atoms with Gasteiger partial charge >= 0.3 is 0 Å². The Morgan fingerprint density at radius 1 is 1.04 bits per heavy atom. The summed E-state index contributed by atoms with van der Waals surface area (Å²) in [5.74, 6) is -0.322. The Kier molecular flexibility index (Phi) is 5.23. The predicted octanol–water partition coefficient (Wildman–Crippen LogP) is 2.52. The van der Waals surface area contributed by atoms with Crippen molar-refractivity contribution < 1.29 is 14.3 Å². The van der Waals surface area contributed by atoms with Gasteiger partial charge in [-0.3, -0.25) is 14.5 Å². The molecule has 0 bridgehead atoms. The fourth-order valence-electron chi connectivity index (χ4n) is 3.32. The Hall–Kier alpha value is -2.14. The largest absolute Gasteiger partial charge is 0.378 e. The highest BCUT2D eigenvalue weighted by molar-refractivity contribution is 6.35. The van der Waals surface area contributed by atoms with Crippen molar-refractivity contribution in [3.63, 3.8) is 0 Å². The van der Waals surface area contributed by atoms with E-state index in [2.05, 4.69) is 6.92 Å². The molecule has 0 aromatic heterocycles. The van der Waals surface area contributed by atoms with Crippen molar-refractivity contribution in [2.75, 3.05) is 32.8 Å². The fourth-order valence-corrected chi connectivity index (χ4v) is 3.32. The molecular weight excluding hydrogens is 316 g/mol. The lowest BCUT2D eigenvalue weighted by molar-refractivity contribution is -0.137. The molecule has 1 saturated heterocycles. The zero-order valence-electron chi connectivity index (χ0n) is 15.3. The Balaban J connectivity index is 2.05. The Bertz CT molecular complexity index is 718. The second-order valence-electron chi connectivity index (χ2n) is 6.74. The van der Waals surface area contributed by atoms with Gasteiger partial charge in [-0.1, -0.05) is 31.5 Å². The highest BCUT2D eigenvalue weighted by Crippen LogP contribution is 2.33. The van der Waals surface area contributed by atoms with Crippen LogP contribution >= 0.6 is 0 Å². The third-order valence-electron chi connectivity index (χ3n) is 5.00. The Morgan fingerprint density at radius 3 is 2.40 bits per heavy atom. The maximum atomic E-state index is 13.1. The number of ether oxygens (including phenoxy) is 1. The van der Waals surface area contributed by atoms with Gasteiger partial charge < -0.3 is 9.64 Å². The van der Waals surface area contributed by atoms with Crippen LogP contribution in [0.5, 0.6) is 0 Å². The third kappa shape index (κ3) is 3.33. The first-order valence-corrected chi connectivity index (χ1v) is 9.05. The quantitative estimate of drug-likeness (QED) is 0.772. The molecule has 1 aromatic carbocycles. The third-order valence-corrected chi connectivity index (χ3v) is 5.00. The van der Waals surface area contributed by atoms with Crippen LogP contribution in [0.25, 0.3) is 5.57 Å². The van der Waals surface area contributed by atoms with Crippen LogP contribution in [0.4, 0.5) is 0 Å². The second-order valence-corrected chi connectivity index (χ2v) is 6.74. The van der Waals surface area contributed by atoms with E-state index < -0.39 is 0 Å². The van der Waals surface area contributed by atoms with E-state index in [1.165, 1.54) is 10.5 Å². The van der Waals surface area contributed by atoms with Gasteiger partial charge in [-0.25, -0.2) is 0 Å². The van der Waals surface area contributed by atoms with Crippen LogP contribution in [-0.4, -0.2) is 54.5 Å². The van der Waals surface area contributed by atoms with Crippen molar-refractivity contribution in [2.24, 2.45) is 0 Å². The van der Waals surface area contributed by atoms with Crippen molar-refractivity contribution in [3.05, 3.63) is 40.6 Å². The van der Waals surface area contributed by atoms with Crippen molar-refractivity contribution in [2.45, 2.75) is 33.6 Å². The minimum Gasteiger partial charge on any atom is -0.378 e. The highest BCUT2D eigenvalue weighted by atomic mass is 16.5. The van der Waals surface area contributed by atoms with Crippen LogP contribution < -0.4 is 0 Å². The lowest BCUT2D eigenvalue weighted by atomic mass is 9.99. The normalized spacial score (nSPS) is 18.5. The van der Waals surface area contributed by atoms with Crippen molar-refractivity contribution in [3.8, 4) is 0 Å². The van der Waals surface area contributed by atoms with Crippen LogP contribution in [0, 0.1) is 13.8 Å². The summed E-state index contributed by atoms with van der Waals surface area (Å²) in [5, 5.41) is 0. The molecule has 2 aliphatic rings.